The Morgan fingerprint density at radius 3 is 3.00 bits per heavy atom. The average Bonchev–Trinajstić information content (AvgIpc) is 2.66. The fourth-order valence-electron chi connectivity index (χ4n) is 1.61. The van der Waals surface area contributed by atoms with E-state index in [2.05, 4.69) is 33.0 Å². The summed E-state index contributed by atoms with van der Waals surface area (Å²) >= 11 is 3.51. The minimum atomic E-state index is 0. The number of hydrogen-bond acceptors (Lipinski definition) is 1. The Morgan fingerprint density at radius 1 is 1.27 bits per heavy atom. The summed E-state index contributed by atoms with van der Waals surface area (Å²) in [5, 5.41) is 2.19. The van der Waals surface area contributed by atoms with Crippen LogP contribution in [0.25, 0.3) is 16.4 Å². The first kappa shape index (κ1) is 10.8. The van der Waals surface area contributed by atoms with Crippen LogP contribution < -0.4 is 0 Å². The molecule has 0 saturated carbocycles. The number of pyridine rings is 1. The molecule has 0 atom stereocenters. The molecule has 0 N–H and O–H groups in total. The van der Waals surface area contributed by atoms with E-state index in [1.807, 2.05) is 28.9 Å². The van der Waals surface area contributed by atoms with Crippen LogP contribution in [0.5, 0.6) is 0 Å². The molecule has 2 aromatic heterocycles. The van der Waals surface area contributed by atoms with Crippen LogP contribution in [0.1, 0.15) is 0 Å². The minimum absolute atomic E-state index is 0. The van der Waals surface area contributed by atoms with Gasteiger partial charge in [0.05, 0.1) is 5.65 Å². The summed E-state index contributed by atoms with van der Waals surface area (Å²) < 4.78 is 3.07. The van der Waals surface area contributed by atoms with Crippen molar-refractivity contribution in [3.63, 3.8) is 0 Å². The molecule has 3 rings (SSSR count). The summed E-state index contributed by atoms with van der Waals surface area (Å²) in [6.07, 6.45) is 5.73. The van der Waals surface area contributed by atoms with E-state index in [1.54, 1.807) is 6.20 Å². The second-order valence-electron chi connectivity index (χ2n) is 3.09. The molecule has 0 spiro atoms. The third kappa shape index (κ3) is 1.63. The second-order valence-corrected chi connectivity index (χ2v) is 3.94. The van der Waals surface area contributed by atoms with Gasteiger partial charge in [-0.15, -0.1) is 18.2 Å². The van der Waals surface area contributed by atoms with Gasteiger partial charge in [-0.05, 0) is 6.20 Å². The van der Waals surface area contributed by atoms with E-state index in [1.165, 1.54) is 0 Å². The van der Waals surface area contributed by atoms with Crippen molar-refractivity contribution in [1.29, 1.82) is 0 Å². The van der Waals surface area contributed by atoms with Gasteiger partial charge in [-0.1, -0.05) is 37.2 Å². The van der Waals surface area contributed by atoms with Crippen LogP contribution in [0.15, 0.2) is 41.3 Å². The van der Waals surface area contributed by atoms with Gasteiger partial charge in [0.25, 0.3) is 0 Å². The van der Waals surface area contributed by atoms with Crippen LogP contribution in [-0.4, -0.2) is 9.38 Å². The van der Waals surface area contributed by atoms with E-state index in [9.17, 15) is 0 Å². The molecule has 0 aliphatic heterocycles. The second kappa shape index (κ2) is 4.05. The van der Waals surface area contributed by atoms with Crippen LogP contribution in [0.3, 0.4) is 0 Å². The first-order chi connectivity index (χ1) is 6.86. The van der Waals surface area contributed by atoms with Gasteiger partial charge in [0.2, 0.25) is 0 Å². The predicted octanol–water partition coefficient (Wildman–Crippen LogP) is 3.05. The van der Waals surface area contributed by atoms with Gasteiger partial charge >= 0.3 is 0 Å². The van der Waals surface area contributed by atoms with Crippen molar-refractivity contribution in [3.8, 4) is 0 Å². The maximum Gasteiger partial charge on any atom is 0.0604 e. The molecule has 15 heavy (non-hydrogen) atoms. The third-order valence-electron chi connectivity index (χ3n) is 2.28. The van der Waals surface area contributed by atoms with Gasteiger partial charge in [-0.25, -0.2) is 0 Å². The van der Waals surface area contributed by atoms with E-state index >= 15 is 0 Å². The van der Waals surface area contributed by atoms with Crippen molar-refractivity contribution in [2.24, 2.45) is 0 Å². The largest absolute Gasteiger partial charge is 0.347 e. The maximum absolute atomic E-state index is 4.30. The molecule has 2 heterocycles. The van der Waals surface area contributed by atoms with Crippen molar-refractivity contribution in [2.45, 2.75) is 0 Å². The summed E-state index contributed by atoms with van der Waals surface area (Å²) in [5.41, 5.74) is 0.948. The molecule has 0 aliphatic rings. The number of benzene rings is 1. The van der Waals surface area contributed by atoms with Gasteiger partial charge in [0, 0.05) is 32.5 Å². The third-order valence-corrected chi connectivity index (χ3v) is 2.97. The van der Waals surface area contributed by atoms with E-state index in [0.717, 1.165) is 20.9 Å². The molecule has 0 amide bonds. The quantitative estimate of drug-likeness (QED) is 0.494. The molecule has 77 valence electrons. The molecule has 0 bridgehead atoms. The van der Waals surface area contributed by atoms with Gasteiger partial charge in [-0.2, -0.15) is 0 Å². The summed E-state index contributed by atoms with van der Waals surface area (Å²) in [7, 11) is 0. The van der Waals surface area contributed by atoms with E-state index in [0.29, 0.717) is 0 Å². The number of imidazole rings is 1. The zero-order valence-corrected chi connectivity index (χ0v) is 11.6. The fraction of sp³-hybridized carbons (Fsp3) is 0. The number of fused-ring (bicyclic) bond motifs is 3. The molecule has 4 heteroatoms. The van der Waals surface area contributed by atoms with Crippen LogP contribution in [-0.2, 0) is 20.1 Å². The normalized spacial score (nSPS) is 10.5. The summed E-state index contributed by atoms with van der Waals surface area (Å²) in [6, 6.07) is 9.16. The zero-order valence-electron chi connectivity index (χ0n) is 7.57. The molecule has 2 nitrogen and oxygen atoms in total. The molecule has 0 aliphatic carbocycles. The fourth-order valence-corrected chi connectivity index (χ4v) is 2.08. The Labute approximate surface area is 109 Å². The Bertz CT molecular complexity index is 618. The van der Waals surface area contributed by atoms with Crippen LogP contribution in [0.2, 0.25) is 0 Å². The van der Waals surface area contributed by atoms with Crippen LogP contribution >= 0.6 is 15.9 Å². The minimum Gasteiger partial charge on any atom is -0.347 e. The number of aromatic nitrogens is 2. The Kier molecular flexibility index (Phi) is 2.91. The molecule has 3 aromatic rings. The van der Waals surface area contributed by atoms with Crippen LogP contribution in [0, 0.1) is 6.07 Å². The first-order valence-corrected chi connectivity index (χ1v) is 5.07. The van der Waals surface area contributed by atoms with E-state index < -0.39 is 0 Å². The van der Waals surface area contributed by atoms with Crippen molar-refractivity contribution in [1.82, 2.24) is 9.38 Å². The Balaban J connectivity index is 0.000000853. The molecule has 1 aromatic carbocycles. The van der Waals surface area contributed by atoms with Crippen LogP contribution in [0.4, 0.5) is 0 Å². The maximum atomic E-state index is 4.30. The molecule has 0 saturated heterocycles. The summed E-state index contributed by atoms with van der Waals surface area (Å²) in [5.74, 6) is 0. The SMILES string of the molecule is Brc1cc[c-]c2c1ccn1ccnc21.[Ir]. The van der Waals surface area contributed by atoms with Gasteiger partial charge in [0.15, 0.2) is 0 Å². The van der Waals surface area contributed by atoms with Gasteiger partial charge < -0.3 is 4.40 Å². The van der Waals surface area contributed by atoms with E-state index in [-0.39, 0.29) is 20.1 Å². The molecular formula is C11H6BrIrN2-. The molecule has 1 radical (unpaired) electrons. The number of hydrogen-bond donors (Lipinski definition) is 0. The standard InChI is InChI=1S/C11H6BrN2.Ir/c12-10-3-1-2-9-8(10)4-6-14-7-5-13-11(9)14;/h1,3-7H;/q-1;. The molecule has 0 unspecified atom stereocenters. The van der Waals surface area contributed by atoms with Gasteiger partial charge in [-0.3, -0.25) is 4.98 Å². The smallest absolute Gasteiger partial charge is 0.0604 e. The van der Waals surface area contributed by atoms with Crippen molar-refractivity contribution >= 4 is 32.3 Å². The van der Waals surface area contributed by atoms with Gasteiger partial charge in [0.1, 0.15) is 0 Å². The average molecular weight is 438 g/mol. The van der Waals surface area contributed by atoms with Crippen molar-refractivity contribution in [3.05, 3.63) is 47.3 Å². The predicted molar refractivity (Wildman–Crippen MR) is 59.2 cm³/mol. The molecule has 0 fully saturated rings. The number of rotatable bonds is 0. The monoisotopic (exact) mass is 438 g/mol. The van der Waals surface area contributed by atoms with E-state index in [4.69, 9.17) is 0 Å². The Hall–Kier alpha value is -0.701. The summed E-state index contributed by atoms with van der Waals surface area (Å²) in [6.45, 7) is 0. The molecular weight excluding hydrogens is 432 g/mol. The topological polar surface area (TPSA) is 17.3 Å². The number of nitrogens with zero attached hydrogens (tertiary/aromatic N) is 2. The van der Waals surface area contributed by atoms with Crippen molar-refractivity contribution in [2.75, 3.05) is 0 Å². The first-order valence-electron chi connectivity index (χ1n) is 4.28. The number of halogens is 1. The van der Waals surface area contributed by atoms with Crippen molar-refractivity contribution < 1.29 is 20.1 Å². The summed E-state index contributed by atoms with van der Waals surface area (Å²) in [4.78, 5) is 4.30. The zero-order chi connectivity index (χ0) is 9.54. The Morgan fingerprint density at radius 2 is 2.13 bits per heavy atom.